The number of hydrogen-bond acceptors (Lipinski definition) is 1. The van der Waals surface area contributed by atoms with Crippen LogP contribution in [0.4, 0.5) is 0 Å². The molecule has 1 saturated heterocycles. The van der Waals surface area contributed by atoms with Gasteiger partial charge in [-0.2, -0.15) is 11.8 Å². The Morgan fingerprint density at radius 3 is 2.17 bits per heavy atom. The minimum absolute atomic E-state index is 0.471. The third-order valence-electron chi connectivity index (χ3n) is 2.59. The number of thioether (sulfide) groups is 1. The molecule has 1 aromatic carbocycles. The van der Waals surface area contributed by atoms with Gasteiger partial charge in [-0.1, -0.05) is 36.8 Å². The fraction of sp³-hybridized carbons (Fsp3) is 0.455. The predicted octanol–water partition coefficient (Wildman–Crippen LogP) is 3.00. The summed E-state index contributed by atoms with van der Waals surface area (Å²) in [6.45, 7) is 4.50. The molecule has 1 aliphatic heterocycles. The predicted molar refractivity (Wildman–Crippen MR) is 55.9 cm³/mol. The van der Waals surface area contributed by atoms with Gasteiger partial charge in [0.2, 0.25) is 0 Å². The van der Waals surface area contributed by atoms with Crippen molar-refractivity contribution < 1.29 is 0 Å². The maximum atomic E-state index is 2.36. The summed E-state index contributed by atoms with van der Waals surface area (Å²) in [5.41, 5.74) is 3.33. The summed E-state index contributed by atoms with van der Waals surface area (Å²) in [5.74, 6) is 2.58. The van der Waals surface area contributed by atoms with Crippen LogP contribution in [0.25, 0.3) is 0 Å². The zero-order chi connectivity index (χ0) is 8.60. The second-order valence-electron chi connectivity index (χ2n) is 3.92. The molecular weight excluding hydrogens is 164 g/mol. The standard InChI is InChI=1S/C11H14S/c1-9-3-5-10(6-4-9)11(2)7-12-8-11/h3-6H,7-8H2,1-2H3. The van der Waals surface area contributed by atoms with E-state index in [1.54, 1.807) is 0 Å². The van der Waals surface area contributed by atoms with Crippen molar-refractivity contribution in [3.63, 3.8) is 0 Å². The van der Waals surface area contributed by atoms with Gasteiger partial charge in [-0.3, -0.25) is 0 Å². The highest BCUT2D eigenvalue weighted by Crippen LogP contribution is 2.40. The molecule has 1 heterocycles. The molecule has 0 saturated carbocycles. The van der Waals surface area contributed by atoms with Gasteiger partial charge in [0.1, 0.15) is 0 Å². The first kappa shape index (κ1) is 8.18. The zero-order valence-electron chi connectivity index (χ0n) is 7.63. The topological polar surface area (TPSA) is 0 Å². The van der Waals surface area contributed by atoms with Crippen LogP contribution < -0.4 is 0 Å². The Morgan fingerprint density at radius 1 is 1.17 bits per heavy atom. The monoisotopic (exact) mass is 178 g/mol. The molecule has 0 unspecified atom stereocenters. The van der Waals surface area contributed by atoms with Crippen molar-refractivity contribution in [3.05, 3.63) is 35.4 Å². The van der Waals surface area contributed by atoms with Gasteiger partial charge < -0.3 is 0 Å². The largest absolute Gasteiger partial charge is 0.160 e. The number of aryl methyl sites for hydroxylation is 1. The Bertz CT molecular complexity index is 270. The molecule has 1 heteroatoms. The fourth-order valence-corrected chi connectivity index (χ4v) is 2.68. The van der Waals surface area contributed by atoms with Gasteiger partial charge in [0.05, 0.1) is 0 Å². The summed E-state index contributed by atoms with van der Waals surface area (Å²) in [6, 6.07) is 8.97. The Kier molecular flexibility index (Phi) is 1.91. The highest BCUT2D eigenvalue weighted by Gasteiger charge is 2.33. The molecule has 0 bridgehead atoms. The SMILES string of the molecule is Cc1ccc(C2(C)CSC2)cc1. The van der Waals surface area contributed by atoms with E-state index in [9.17, 15) is 0 Å². The molecule has 0 aromatic heterocycles. The van der Waals surface area contributed by atoms with E-state index in [0.717, 1.165) is 0 Å². The van der Waals surface area contributed by atoms with Gasteiger partial charge in [0.25, 0.3) is 0 Å². The lowest BCUT2D eigenvalue weighted by Crippen LogP contribution is -2.36. The molecule has 0 N–H and O–H groups in total. The normalized spacial score (nSPS) is 20.2. The van der Waals surface area contributed by atoms with E-state index in [0.29, 0.717) is 5.41 Å². The third-order valence-corrected chi connectivity index (χ3v) is 4.27. The molecule has 2 rings (SSSR count). The van der Waals surface area contributed by atoms with Gasteiger partial charge in [-0.25, -0.2) is 0 Å². The van der Waals surface area contributed by atoms with Crippen molar-refractivity contribution in [1.82, 2.24) is 0 Å². The first-order valence-corrected chi connectivity index (χ1v) is 5.51. The van der Waals surface area contributed by atoms with Crippen LogP contribution in [0, 0.1) is 6.92 Å². The lowest BCUT2D eigenvalue weighted by Gasteiger charge is -2.38. The summed E-state index contributed by atoms with van der Waals surface area (Å²) < 4.78 is 0. The van der Waals surface area contributed by atoms with E-state index in [-0.39, 0.29) is 0 Å². The van der Waals surface area contributed by atoms with Crippen molar-refractivity contribution in [2.24, 2.45) is 0 Å². The third kappa shape index (κ3) is 1.27. The average Bonchev–Trinajstić information content (AvgIpc) is 2.02. The van der Waals surface area contributed by atoms with Crippen molar-refractivity contribution in [2.75, 3.05) is 11.5 Å². The number of hydrogen-bond donors (Lipinski definition) is 0. The first-order valence-electron chi connectivity index (χ1n) is 4.36. The van der Waals surface area contributed by atoms with Gasteiger partial charge in [0, 0.05) is 16.9 Å². The highest BCUT2D eigenvalue weighted by atomic mass is 32.2. The number of benzene rings is 1. The summed E-state index contributed by atoms with van der Waals surface area (Å²) in [6.07, 6.45) is 0. The van der Waals surface area contributed by atoms with Crippen molar-refractivity contribution in [3.8, 4) is 0 Å². The van der Waals surface area contributed by atoms with Gasteiger partial charge in [0.15, 0.2) is 0 Å². The van der Waals surface area contributed by atoms with Crippen LogP contribution in [0.15, 0.2) is 24.3 Å². The second-order valence-corrected chi connectivity index (χ2v) is 4.91. The Morgan fingerprint density at radius 2 is 1.75 bits per heavy atom. The first-order chi connectivity index (χ1) is 5.71. The summed E-state index contributed by atoms with van der Waals surface area (Å²) >= 11 is 2.04. The van der Waals surface area contributed by atoms with E-state index >= 15 is 0 Å². The van der Waals surface area contributed by atoms with Crippen molar-refractivity contribution >= 4 is 11.8 Å². The number of rotatable bonds is 1. The van der Waals surface area contributed by atoms with Crippen LogP contribution in [0.5, 0.6) is 0 Å². The van der Waals surface area contributed by atoms with Crippen LogP contribution in [0.3, 0.4) is 0 Å². The fourth-order valence-electron chi connectivity index (χ4n) is 1.53. The molecule has 1 fully saturated rings. The average molecular weight is 178 g/mol. The molecule has 0 aliphatic carbocycles. The molecule has 64 valence electrons. The maximum absolute atomic E-state index is 2.36. The molecular formula is C11H14S. The van der Waals surface area contributed by atoms with E-state index in [2.05, 4.69) is 38.1 Å². The van der Waals surface area contributed by atoms with Gasteiger partial charge >= 0.3 is 0 Å². The quantitative estimate of drug-likeness (QED) is 0.637. The van der Waals surface area contributed by atoms with Crippen LogP contribution in [0.1, 0.15) is 18.1 Å². The minimum atomic E-state index is 0.471. The molecule has 0 atom stereocenters. The lowest BCUT2D eigenvalue weighted by molar-refractivity contribution is 0.580. The Labute approximate surface area is 78.4 Å². The van der Waals surface area contributed by atoms with E-state index in [4.69, 9.17) is 0 Å². The van der Waals surface area contributed by atoms with Gasteiger partial charge in [-0.15, -0.1) is 0 Å². The Hall–Kier alpha value is -0.430. The molecule has 1 aromatic rings. The van der Waals surface area contributed by atoms with Crippen LogP contribution >= 0.6 is 11.8 Å². The van der Waals surface area contributed by atoms with Crippen LogP contribution in [-0.4, -0.2) is 11.5 Å². The maximum Gasteiger partial charge on any atom is 0.0106 e. The van der Waals surface area contributed by atoms with E-state index in [1.807, 2.05) is 11.8 Å². The molecule has 1 aliphatic rings. The summed E-state index contributed by atoms with van der Waals surface area (Å²) in [4.78, 5) is 0. The highest BCUT2D eigenvalue weighted by molar-refractivity contribution is 8.00. The minimum Gasteiger partial charge on any atom is -0.160 e. The van der Waals surface area contributed by atoms with Crippen molar-refractivity contribution in [2.45, 2.75) is 19.3 Å². The van der Waals surface area contributed by atoms with Gasteiger partial charge in [-0.05, 0) is 12.5 Å². The molecule has 0 radical (unpaired) electrons. The summed E-state index contributed by atoms with van der Waals surface area (Å²) in [7, 11) is 0. The van der Waals surface area contributed by atoms with E-state index in [1.165, 1.54) is 22.6 Å². The zero-order valence-corrected chi connectivity index (χ0v) is 8.45. The molecule has 12 heavy (non-hydrogen) atoms. The molecule has 0 nitrogen and oxygen atoms in total. The summed E-state index contributed by atoms with van der Waals surface area (Å²) in [5, 5.41) is 0. The smallest absolute Gasteiger partial charge is 0.0106 e. The van der Waals surface area contributed by atoms with Crippen LogP contribution in [-0.2, 0) is 5.41 Å². The lowest BCUT2D eigenvalue weighted by atomic mass is 9.85. The Balaban J connectivity index is 2.28. The second kappa shape index (κ2) is 2.81. The van der Waals surface area contributed by atoms with Crippen molar-refractivity contribution in [1.29, 1.82) is 0 Å². The molecule has 0 amide bonds. The van der Waals surface area contributed by atoms with E-state index < -0.39 is 0 Å². The van der Waals surface area contributed by atoms with Crippen LogP contribution in [0.2, 0.25) is 0 Å². The molecule has 0 spiro atoms.